The van der Waals surface area contributed by atoms with E-state index in [1.807, 2.05) is 56.8 Å². The molecule has 0 spiro atoms. The van der Waals surface area contributed by atoms with E-state index in [0.717, 1.165) is 54.9 Å². The molecule has 5 nitrogen and oxygen atoms in total. The van der Waals surface area contributed by atoms with Crippen LogP contribution in [0.5, 0.6) is 5.75 Å². The molecular weight excluding hydrogens is 398 g/mol. The van der Waals surface area contributed by atoms with E-state index in [2.05, 4.69) is 40.2 Å². The Hall–Kier alpha value is -3.18. The topological polar surface area (TPSA) is 45.7 Å². The Morgan fingerprint density at radius 3 is 2.41 bits per heavy atom. The van der Waals surface area contributed by atoms with Crippen molar-refractivity contribution in [3.05, 3.63) is 84.2 Å². The highest BCUT2D eigenvalue weighted by Crippen LogP contribution is 2.37. The van der Waals surface area contributed by atoms with Crippen LogP contribution in [0, 0.1) is 5.41 Å². The number of carbonyl (C=O) groups excluding carboxylic acids is 1. The molecule has 2 heterocycles. The lowest BCUT2D eigenvalue weighted by Gasteiger charge is -2.31. The molecule has 1 atom stereocenters. The third kappa shape index (κ3) is 4.68. The quantitative estimate of drug-likeness (QED) is 0.562. The predicted molar refractivity (Wildman–Crippen MR) is 127 cm³/mol. The molecule has 1 fully saturated rings. The predicted octanol–water partition coefficient (Wildman–Crippen LogP) is 4.28. The summed E-state index contributed by atoms with van der Waals surface area (Å²) in [4.78, 5) is 21.6. The van der Waals surface area contributed by atoms with Gasteiger partial charge in [0.25, 0.3) is 0 Å². The van der Waals surface area contributed by atoms with Gasteiger partial charge in [0.05, 0.1) is 12.5 Å². The van der Waals surface area contributed by atoms with Crippen molar-refractivity contribution < 1.29 is 9.53 Å². The van der Waals surface area contributed by atoms with Crippen molar-refractivity contribution in [1.29, 1.82) is 0 Å². The number of para-hydroxylation sites is 1. The van der Waals surface area contributed by atoms with Gasteiger partial charge in [-0.1, -0.05) is 42.5 Å². The maximum atomic E-state index is 13.3. The van der Waals surface area contributed by atoms with E-state index in [1.54, 1.807) is 12.0 Å². The summed E-state index contributed by atoms with van der Waals surface area (Å²) in [5, 5.41) is 0. The smallest absolute Gasteiger partial charge is 0.229 e. The van der Waals surface area contributed by atoms with Crippen molar-refractivity contribution in [2.45, 2.75) is 19.4 Å². The van der Waals surface area contributed by atoms with Crippen LogP contribution >= 0.6 is 0 Å². The standard InChI is InChI=1S/C27H31N3O2/c1-29(2)26(31)27(14-17-30(20-27)19-24-6-4-5-7-25(24)32-3)18-21-8-10-22(11-9-21)23-12-15-28-16-13-23/h4-13,15-16H,14,17-20H2,1-3H3/t27-/m1/s1. The summed E-state index contributed by atoms with van der Waals surface area (Å²) in [5.74, 6) is 1.11. The molecule has 1 saturated heterocycles. The van der Waals surface area contributed by atoms with Crippen molar-refractivity contribution in [3.63, 3.8) is 0 Å². The first-order valence-electron chi connectivity index (χ1n) is 11.1. The summed E-state index contributed by atoms with van der Waals surface area (Å²) in [7, 11) is 5.43. The first kappa shape index (κ1) is 22.0. The third-order valence-corrected chi connectivity index (χ3v) is 6.39. The number of hydrogen-bond donors (Lipinski definition) is 0. The molecule has 4 rings (SSSR count). The molecule has 3 aromatic rings. The van der Waals surface area contributed by atoms with E-state index < -0.39 is 5.41 Å². The summed E-state index contributed by atoms with van der Waals surface area (Å²) in [5.41, 5.74) is 4.24. The number of likely N-dealkylation sites (tertiary alicyclic amines) is 1. The number of rotatable bonds is 7. The van der Waals surface area contributed by atoms with Crippen LogP contribution in [-0.2, 0) is 17.8 Å². The maximum absolute atomic E-state index is 13.3. The zero-order valence-electron chi connectivity index (χ0n) is 19.1. The first-order valence-corrected chi connectivity index (χ1v) is 11.1. The molecule has 1 aliphatic heterocycles. The number of methoxy groups -OCH3 is 1. The van der Waals surface area contributed by atoms with Gasteiger partial charge in [0.2, 0.25) is 5.91 Å². The summed E-state index contributed by atoms with van der Waals surface area (Å²) in [6, 6.07) is 20.7. The monoisotopic (exact) mass is 429 g/mol. The molecule has 0 N–H and O–H groups in total. The van der Waals surface area contributed by atoms with Crippen molar-refractivity contribution in [2.24, 2.45) is 5.41 Å². The van der Waals surface area contributed by atoms with Crippen LogP contribution in [-0.4, -0.2) is 55.0 Å². The molecule has 1 aromatic heterocycles. The van der Waals surface area contributed by atoms with Crippen molar-refractivity contribution >= 4 is 5.91 Å². The second kappa shape index (κ2) is 9.53. The summed E-state index contributed by atoms with van der Waals surface area (Å²) < 4.78 is 5.53. The third-order valence-electron chi connectivity index (χ3n) is 6.39. The molecule has 2 aromatic carbocycles. The normalized spacial score (nSPS) is 18.5. The van der Waals surface area contributed by atoms with E-state index in [4.69, 9.17) is 4.74 Å². The highest BCUT2D eigenvalue weighted by atomic mass is 16.5. The highest BCUT2D eigenvalue weighted by molar-refractivity contribution is 5.83. The van der Waals surface area contributed by atoms with Crippen molar-refractivity contribution in [3.8, 4) is 16.9 Å². The minimum absolute atomic E-state index is 0.207. The fourth-order valence-corrected chi connectivity index (χ4v) is 4.79. The van der Waals surface area contributed by atoms with Crippen molar-refractivity contribution in [1.82, 2.24) is 14.8 Å². The number of ether oxygens (including phenoxy) is 1. The zero-order chi connectivity index (χ0) is 22.6. The van der Waals surface area contributed by atoms with Gasteiger partial charge in [-0.2, -0.15) is 0 Å². The number of amides is 1. The van der Waals surface area contributed by atoms with E-state index in [1.165, 1.54) is 5.56 Å². The maximum Gasteiger partial charge on any atom is 0.229 e. The molecule has 0 aliphatic carbocycles. The molecule has 166 valence electrons. The van der Waals surface area contributed by atoms with Gasteiger partial charge in [-0.25, -0.2) is 0 Å². The molecular formula is C27H31N3O2. The van der Waals surface area contributed by atoms with Crippen LogP contribution in [0.15, 0.2) is 73.1 Å². The number of aromatic nitrogens is 1. The van der Waals surface area contributed by atoms with Gasteiger partial charge in [0.1, 0.15) is 5.75 Å². The lowest BCUT2D eigenvalue weighted by atomic mass is 9.79. The molecule has 32 heavy (non-hydrogen) atoms. The number of hydrogen-bond acceptors (Lipinski definition) is 4. The van der Waals surface area contributed by atoms with E-state index >= 15 is 0 Å². The van der Waals surface area contributed by atoms with E-state index in [-0.39, 0.29) is 5.91 Å². The minimum atomic E-state index is -0.413. The molecule has 0 bridgehead atoms. The average molecular weight is 430 g/mol. The van der Waals surface area contributed by atoms with Gasteiger partial charge in [-0.3, -0.25) is 14.7 Å². The van der Waals surface area contributed by atoms with Crippen LogP contribution in [0.25, 0.3) is 11.1 Å². The van der Waals surface area contributed by atoms with Gasteiger partial charge in [0.15, 0.2) is 0 Å². The Morgan fingerprint density at radius 2 is 1.72 bits per heavy atom. The molecule has 0 unspecified atom stereocenters. The number of nitrogens with zero attached hydrogens (tertiary/aromatic N) is 3. The van der Waals surface area contributed by atoms with Gasteiger partial charge in [0, 0.05) is 45.1 Å². The molecule has 1 aliphatic rings. The van der Waals surface area contributed by atoms with Crippen LogP contribution in [0.3, 0.4) is 0 Å². The summed E-state index contributed by atoms with van der Waals surface area (Å²) in [6.45, 7) is 2.42. The number of carbonyl (C=O) groups is 1. The van der Waals surface area contributed by atoms with Crippen molar-refractivity contribution in [2.75, 3.05) is 34.3 Å². The van der Waals surface area contributed by atoms with Gasteiger partial charge >= 0.3 is 0 Å². The summed E-state index contributed by atoms with van der Waals surface area (Å²) in [6.07, 6.45) is 5.21. The Kier molecular flexibility index (Phi) is 6.56. The average Bonchev–Trinajstić information content (AvgIpc) is 3.23. The lowest BCUT2D eigenvalue weighted by molar-refractivity contribution is -0.138. The Labute approximate surface area is 190 Å². The van der Waals surface area contributed by atoms with E-state index in [0.29, 0.717) is 0 Å². The molecule has 5 heteroatoms. The largest absolute Gasteiger partial charge is 0.496 e. The molecule has 1 amide bonds. The van der Waals surface area contributed by atoms with Crippen LogP contribution in [0.4, 0.5) is 0 Å². The van der Waals surface area contributed by atoms with E-state index in [9.17, 15) is 4.79 Å². The highest BCUT2D eigenvalue weighted by Gasteiger charge is 2.45. The van der Waals surface area contributed by atoms with Gasteiger partial charge in [-0.05, 0) is 54.3 Å². The number of benzene rings is 2. The Bertz CT molecular complexity index is 1050. The molecule has 0 radical (unpaired) electrons. The number of pyridine rings is 1. The first-order chi connectivity index (χ1) is 15.5. The lowest BCUT2D eigenvalue weighted by Crippen LogP contribution is -2.43. The zero-order valence-corrected chi connectivity index (χ0v) is 19.1. The van der Waals surface area contributed by atoms with Gasteiger partial charge in [-0.15, -0.1) is 0 Å². The minimum Gasteiger partial charge on any atom is -0.496 e. The van der Waals surface area contributed by atoms with Crippen LogP contribution < -0.4 is 4.74 Å². The molecule has 0 saturated carbocycles. The Morgan fingerprint density at radius 1 is 1.03 bits per heavy atom. The Balaban J connectivity index is 1.53. The second-order valence-electron chi connectivity index (χ2n) is 8.86. The van der Waals surface area contributed by atoms with Gasteiger partial charge < -0.3 is 9.64 Å². The van der Waals surface area contributed by atoms with Crippen LogP contribution in [0.2, 0.25) is 0 Å². The van der Waals surface area contributed by atoms with Crippen LogP contribution in [0.1, 0.15) is 17.5 Å². The fourth-order valence-electron chi connectivity index (χ4n) is 4.79. The fraction of sp³-hybridized carbons (Fsp3) is 0.333. The SMILES string of the molecule is COc1ccccc1CN1CC[C@](Cc2ccc(-c3ccncc3)cc2)(C(=O)N(C)C)C1. The summed E-state index contributed by atoms with van der Waals surface area (Å²) >= 11 is 0. The second-order valence-corrected chi connectivity index (χ2v) is 8.86.